The van der Waals surface area contributed by atoms with E-state index in [0.29, 0.717) is 18.4 Å². The van der Waals surface area contributed by atoms with Gasteiger partial charge in [0.1, 0.15) is 6.10 Å². The third-order valence-corrected chi connectivity index (χ3v) is 4.61. The van der Waals surface area contributed by atoms with Crippen molar-refractivity contribution < 1.29 is 9.47 Å². The highest BCUT2D eigenvalue weighted by Crippen LogP contribution is 2.17. The summed E-state index contributed by atoms with van der Waals surface area (Å²) in [6.45, 7) is 4.13. The molecule has 2 saturated heterocycles. The summed E-state index contributed by atoms with van der Waals surface area (Å²) in [6, 6.07) is 3.94. The average Bonchev–Trinajstić information content (AvgIpc) is 2.90. The topological polar surface area (TPSA) is 73.0 Å². The van der Waals surface area contributed by atoms with Gasteiger partial charge < -0.3 is 20.1 Å². The van der Waals surface area contributed by atoms with Crippen molar-refractivity contribution in [2.24, 2.45) is 10.7 Å². The summed E-state index contributed by atoms with van der Waals surface area (Å²) in [6.07, 6.45) is 8.82. The van der Waals surface area contributed by atoms with Crippen molar-refractivity contribution in [1.29, 1.82) is 0 Å². The summed E-state index contributed by atoms with van der Waals surface area (Å²) in [4.78, 5) is 11.1. The quantitative estimate of drug-likeness (QED) is 0.677. The van der Waals surface area contributed by atoms with Crippen molar-refractivity contribution >= 4 is 5.96 Å². The monoisotopic (exact) mass is 332 g/mol. The van der Waals surface area contributed by atoms with Crippen LogP contribution in [-0.4, -0.2) is 48.3 Å². The summed E-state index contributed by atoms with van der Waals surface area (Å²) in [7, 11) is 0. The van der Waals surface area contributed by atoms with Gasteiger partial charge in [0.25, 0.3) is 0 Å². The van der Waals surface area contributed by atoms with E-state index in [0.717, 1.165) is 44.7 Å². The van der Waals surface area contributed by atoms with Gasteiger partial charge in [-0.25, -0.2) is 9.98 Å². The summed E-state index contributed by atoms with van der Waals surface area (Å²) < 4.78 is 11.3. The maximum absolute atomic E-state index is 6.17. The molecule has 6 nitrogen and oxygen atoms in total. The maximum Gasteiger partial charge on any atom is 0.213 e. The molecule has 0 saturated carbocycles. The summed E-state index contributed by atoms with van der Waals surface area (Å²) in [5.74, 6) is 1.32. The number of hydrogen-bond donors (Lipinski definition) is 1. The minimum absolute atomic E-state index is 0.201. The van der Waals surface area contributed by atoms with Crippen LogP contribution in [0, 0.1) is 0 Å². The van der Waals surface area contributed by atoms with Crippen LogP contribution in [0.5, 0.6) is 5.88 Å². The molecule has 0 aromatic carbocycles. The van der Waals surface area contributed by atoms with Gasteiger partial charge in [-0.2, -0.15) is 0 Å². The first kappa shape index (κ1) is 17.0. The summed E-state index contributed by atoms with van der Waals surface area (Å²) in [5.41, 5.74) is 7.24. The standard InChI is InChI=1S/C18H28N4O2/c19-18(22-9-3-1-2-4-10-22)21-14-15-5-8-20-17(13-15)24-16-6-11-23-12-7-16/h5,8,13,16H,1-4,6-7,9-12,14H2,(H2,19,21). The Bertz CT molecular complexity index is 536. The minimum Gasteiger partial charge on any atom is -0.474 e. The zero-order valence-corrected chi connectivity index (χ0v) is 14.3. The van der Waals surface area contributed by atoms with Crippen LogP contribution >= 0.6 is 0 Å². The molecule has 132 valence electrons. The molecule has 2 N–H and O–H groups in total. The Morgan fingerprint density at radius 2 is 2.00 bits per heavy atom. The summed E-state index contributed by atoms with van der Waals surface area (Å²) >= 11 is 0. The minimum atomic E-state index is 0.201. The van der Waals surface area contributed by atoms with Crippen LogP contribution in [0.1, 0.15) is 44.1 Å². The number of likely N-dealkylation sites (tertiary alicyclic amines) is 1. The van der Waals surface area contributed by atoms with Gasteiger partial charge in [-0.1, -0.05) is 12.8 Å². The molecule has 24 heavy (non-hydrogen) atoms. The van der Waals surface area contributed by atoms with E-state index in [1.54, 1.807) is 6.20 Å². The van der Waals surface area contributed by atoms with Crippen molar-refractivity contribution in [3.8, 4) is 5.88 Å². The predicted octanol–water partition coefficient (Wildman–Crippen LogP) is 2.33. The second-order valence-corrected chi connectivity index (χ2v) is 6.51. The van der Waals surface area contributed by atoms with Crippen molar-refractivity contribution in [2.45, 2.75) is 51.2 Å². The van der Waals surface area contributed by atoms with E-state index in [1.165, 1.54) is 25.7 Å². The number of pyridine rings is 1. The van der Waals surface area contributed by atoms with Crippen LogP contribution < -0.4 is 10.5 Å². The van der Waals surface area contributed by atoms with Crippen molar-refractivity contribution in [1.82, 2.24) is 9.88 Å². The van der Waals surface area contributed by atoms with Gasteiger partial charge in [-0.05, 0) is 24.5 Å². The Hall–Kier alpha value is -1.82. The number of hydrogen-bond acceptors (Lipinski definition) is 4. The van der Waals surface area contributed by atoms with Crippen molar-refractivity contribution in [3.05, 3.63) is 23.9 Å². The molecule has 2 aliphatic heterocycles. The van der Waals surface area contributed by atoms with Gasteiger partial charge in [0, 0.05) is 38.2 Å². The van der Waals surface area contributed by atoms with Gasteiger partial charge in [-0.3, -0.25) is 0 Å². The molecule has 1 aromatic rings. The summed E-state index contributed by atoms with van der Waals surface area (Å²) in [5, 5.41) is 0. The molecule has 1 aromatic heterocycles. The number of rotatable bonds is 4. The molecule has 0 spiro atoms. The van der Waals surface area contributed by atoms with Crippen LogP contribution in [0.3, 0.4) is 0 Å². The van der Waals surface area contributed by atoms with E-state index in [-0.39, 0.29) is 6.10 Å². The van der Waals surface area contributed by atoms with Crippen LogP contribution in [0.15, 0.2) is 23.3 Å². The Morgan fingerprint density at radius 1 is 1.25 bits per heavy atom. The molecule has 0 atom stereocenters. The molecule has 0 unspecified atom stereocenters. The fourth-order valence-corrected chi connectivity index (χ4v) is 3.15. The highest BCUT2D eigenvalue weighted by atomic mass is 16.5. The SMILES string of the molecule is NC(=NCc1ccnc(OC2CCOCC2)c1)N1CCCCCC1. The van der Waals surface area contributed by atoms with E-state index in [2.05, 4.69) is 14.9 Å². The number of guanidine groups is 1. The zero-order chi connectivity index (χ0) is 16.6. The smallest absolute Gasteiger partial charge is 0.213 e. The van der Waals surface area contributed by atoms with Gasteiger partial charge in [0.2, 0.25) is 5.88 Å². The second-order valence-electron chi connectivity index (χ2n) is 6.51. The maximum atomic E-state index is 6.17. The Kier molecular flexibility index (Phi) is 6.29. The third-order valence-electron chi connectivity index (χ3n) is 4.61. The van der Waals surface area contributed by atoms with E-state index in [1.807, 2.05) is 12.1 Å². The van der Waals surface area contributed by atoms with E-state index >= 15 is 0 Å². The highest BCUT2D eigenvalue weighted by Gasteiger charge is 2.16. The Labute approximate surface area is 144 Å². The molecular weight excluding hydrogens is 304 g/mol. The molecule has 3 heterocycles. The fraction of sp³-hybridized carbons (Fsp3) is 0.667. The third kappa shape index (κ3) is 5.09. The number of aromatic nitrogens is 1. The molecule has 6 heteroatoms. The molecule has 2 fully saturated rings. The number of ether oxygens (including phenoxy) is 2. The van der Waals surface area contributed by atoms with Crippen LogP contribution in [0.2, 0.25) is 0 Å². The lowest BCUT2D eigenvalue weighted by Crippen LogP contribution is -2.38. The van der Waals surface area contributed by atoms with Gasteiger partial charge in [-0.15, -0.1) is 0 Å². The fourth-order valence-electron chi connectivity index (χ4n) is 3.15. The molecule has 0 amide bonds. The van der Waals surface area contributed by atoms with Gasteiger partial charge in [0.05, 0.1) is 19.8 Å². The average molecular weight is 332 g/mol. The number of nitrogens with zero attached hydrogens (tertiary/aromatic N) is 3. The second kappa shape index (κ2) is 8.87. The molecule has 0 radical (unpaired) electrons. The Balaban J connectivity index is 1.56. The lowest BCUT2D eigenvalue weighted by Gasteiger charge is -2.23. The lowest BCUT2D eigenvalue weighted by atomic mass is 10.1. The van der Waals surface area contributed by atoms with Gasteiger partial charge >= 0.3 is 0 Å². The number of aliphatic imine (C=N–C) groups is 1. The highest BCUT2D eigenvalue weighted by molar-refractivity contribution is 5.78. The molecule has 0 aliphatic carbocycles. The van der Waals surface area contributed by atoms with Gasteiger partial charge in [0.15, 0.2) is 5.96 Å². The van der Waals surface area contributed by atoms with Crippen LogP contribution in [0.25, 0.3) is 0 Å². The van der Waals surface area contributed by atoms with Crippen LogP contribution in [0.4, 0.5) is 0 Å². The molecular formula is C18H28N4O2. The predicted molar refractivity (Wildman–Crippen MR) is 94.1 cm³/mol. The molecule has 2 aliphatic rings. The zero-order valence-electron chi connectivity index (χ0n) is 14.3. The first-order valence-electron chi connectivity index (χ1n) is 9.05. The Morgan fingerprint density at radius 3 is 2.75 bits per heavy atom. The first-order valence-corrected chi connectivity index (χ1v) is 9.05. The van der Waals surface area contributed by atoms with E-state index in [9.17, 15) is 0 Å². The van der Waals surface area contributed by atoms with E-state index < -0.39 is 0 Å². The van der Waals surface area contributed by atoms with Crippen molar-refractivity contribution in [3.63, 3.8) is 0 Å². The lowest BCUT2D eigenvalue weighted by molar-refractivity contribution is 0.0237. The van der Waals surface area contributed by atoms with E-state index in [4.69, 9.17) is 15.2 Å². The largest absolute Gasteiger partial charge is 0.474 e. The molecule has 0 bridgehead atoms. The normalized spacial score (nSPS) is 20.7. The first-order chi connectivity index (χ1) is 11.8. The molecule has 3 rings (SSSR count). The number of nitrogens with two attached hydrogens (primary N) is 1. The van der Waals surface area contributed by atoms with Crippen LogP contribution in [-0.2, 0) is 11.3 Å². The van der Waals surface area contributed by atoms with Crippen molar-refractivity contribution in [2.75, 3.05) is 26.3 Å².